The molecule has 2 fully saturated rings. The van der Waals surface area contributed by atoms with Gasteiger partial charge in [0, 0.05) is 42.2 Å². The highest BCUT2D eigenvalue weighted by Gasteiger charge is 2.27. The van der Waals surface area contributed by atoms with E-state index in [1.165, 1.54) is 263 Å². The fraction of sp³-hybridized carbons (Fsp3) is 0.551. The first kappa shape index (κ1) is 91.1. The molecule has 0 bridgehead atoms. The van der Waals surface area contributed by atoms with Gasteiger partial charge in [-0.3, -0.25) is 0 Å². The first-order valence-electron chi connectivity index (χ1n) is 46.0. The second-order valence-corrected chi connectivity index (χ2v) is 34.9. The summed E-state index contributed by atoms with van der Waals surface area (Å²) in [5, 5.41) is 68.2. The van der Waals surface area contributed by atoms with Crippen LogP contribution in [0.2, 0.25) is 0 Å². The van der Waals surface area contributed by atoms with Crippen LogP contribution in [0.5, 0.6) is 34.5 Å². The molecule has 113 heavy (non-hydrogen) atoms. The zero-order valence-corrected chi connectivity index (χ0v) is 72.5. The summed E-state index contributed by atoms with van der Waals surface area (Å²) in [5.74, 6) is 3.61. The van der Waals surface area contributed by atoms with Crippen LogP contribution in [-0.2, 0) is 44.9 Å². The van der Waals surface area contributed by atoms with Crippen LogP contribution < -0.4 is 0 Å². The Morgan fingerprint density at radius 1 is 0.265 bits per heavy atom. The van der Waals surface area contributed by atoms with Gasteiger partial charge >= 0.3 is 0 Å². The van der Waals surface area contributed by atoms with Crippen LogP contribution in [0.25, 0.3) is 0 Å². The van der Waals surface area contributed by atoms with Crippen molar-refractivity contribution in [1.29, 1.82) is 0 Å². The summed E-state index contributed by atoms with van der Waals surface area (Å²) >= 11 is 0. The molecule has 0 amide bonds. The van der Waals surface area contributed by atoms with Gasteiger partial charge in [-0.2, -0.15) is 0 Å². The van der Waals surface area contributed by atoms with Crippen molar-refractivity contribution in [2.24, 2.45) is 0 Å². The van der Waals surface area contributed by atoms with Crippen molar-refractivity contribution in [3.63, 3.8) is 0 Å². The first-order chi connectivity index (χ1) is 54.9. The second kappa shape index (κ2) is 50.1. The minimum Gasteiger partial charge on any atom is -0.507 e. The number of benzene rings is 8. The van der Waals surface area contributed by atoms with Crippen molar-refractivity contribution >= 4 is 0 Å². The van der Waals surface area contributed by atoms with Crippen molar-refractivity contribution in [3.8, 4) is 34.5 Å². The molecule has 8 aromatic carbocycles. The van der Waals surface area contributed by atoms with Gasteiger partial charge in [0.1, 0.15) is 34.5 Å². The number of hydrogen-bond acceptors (Lipinski definition) is 6. The van der Waals surface area contributed by atoms with Crippen LogP contribution in [0.1, 0.15) is 420 Å². The lowest BCUT2D eigenvalue weighted by molar-refractivity contribution is 0.408. The topological polar surface area (TPSA) is 121 Å². The Balaban J connectivity index is 0.000000221. The molecule has 0 aliphatic heterocycles. The van der Waals surface area contributed by atoms with E-state index in [1.807, 2.05) is 0 Å². The van der Waals surface area contributed by atoms with E-state index in [4.69, 9.17) is 0 Å². The third-order valence-electron chi connectivity index (χ3n) is 25.1. The maximum absolute atomic E-state index is 11.9. The molecular weight excluding hydrogens is 1380 g/mol. The number of rotatable bonds is 44. The van der Waals surface area contributed by atoms with Crippen molar-refractivity contribution in [1.82, 2.24) is 0 Å². The lowest BCUT2D eigenvalue weighted by Gasteiger charge is -2.25. The molecule has 8 aromatic rings. The predicted molar refractivity (Wildman–Crippen MR) is 482 cm³/mol. The highest BCUT2D eigenvalue weighted by atomic mass is 16.3. The molecular formula is C107H152O6. The number of phenols is 6. The largest absolute Gasteiger partial charge is 0.507 e. The number of phenolic OH excluding ortho intramolecular Hbond substituents is 6. The maximum atomic E-state index is 11.9. The van der Waals surface area contributed by atoms with E-state index in [0.29, 0.717) is 65.6 Å². The van der Waals surface area contributed by atoms with Crippen LogP contribution in [0, 0.1) is 27.7 Å². The molecule has 0 saturated heterocycles. The smallest absolute Gasteiger partial charge is 0.122 e. The molecule has 2 saturated carbocycles. The van der Waals surface area contributed by atoms with Crippen LogP contribution in [0.3, 0.4) is 0 Å². The van der Waals surface area contributed by atoms with E-state index in [2.05, 4.69) is 203 Å². The molecule has 2 aliphatic carbocycles. The Morgan fingerprint density at radius 2 is 0.522 bits per heavy atom. The molecule has 0 spiro atoms. The third kappa shape index (κ3) is 29.7. The predicted octanol–water partition coefficient (Wildman–Crippen LogP) is 30.9. The standard InChI is InChI=1S/C47H64O2.C33H52O2.C27H36O2/c1-5-7-9-11-13-15-19-25-38-31-42(46(48)44(33-38)36(3)40-27-21-17-22-28-40)35-43-32-39(26-20-16-14-12-10-8-6-2)34-45(47(43)49)37(4)41-29-23-18-24-30-41;1-5-7-9-11-13-15-17-19-28-21-26(3)23-30(32(28)34)25-31-24-27(4)22-29(33(31)35)20-18-16-14-12-10-8-6-2;1-18-13-22(26(28)24(15-18)20-9-5-3-6-10-20)17-23-14-19(2)16-25(27(23)29)21-11-7-4-8-12-21/h17-18,21-24,27-34,36-37,48-49H,5-16,19-20,25-26,35H2,1-4H3;21-24,34-35H,5-20,25H2,1-4H3;13-16,20-21,28-29H,3-12,17H2,1-2H3. The summed E-state index contributed by atoms with van der Waals surface area (Å²) in [4.78, 5) is 0. The minimum atomic E-state index is 0.0693. The van der Waals surface area contributed by atoms with E-state index in [0.717, 1.165) is 118 Å². The SMILES string of the molecule is CCCCCCCCCc1cc(C)cc(Cc2cc(C)cc(CCCCCCCCC)c2O)c1O.CCCCCCCCCc1cc(Cc2cc(CCCCCCCCC)cc(C(C)c3ccccc3)c2O)c(O)c(C(C)c2ccccc2)c1.Cc1cc(Cc2cc(C)cc(C3CCCCC3)c2O)c(O)c(C2CCCCC2)c1. The summed E-state index contributed by atoms with van der Waals surface area (Å²) in [7, 11) is 0. The zero-order valence-electron chi connectivity index (χ0n) is 72.5. The molecule has 2 atom stereocenters. The number of unbranched alkanes of at least 4 members (excludes halogenated alkanes) is 24. The molecule has 10 rings (SSSR count). The van der Waals surface area contributed by atoms with Crippen LogP contribution >= 0.6 is 0 Å². The molecule has 6 nitrogen and oxygen atoms in total. The van der Waals surface area contributed by atoms with Crippen molar-refractivity contribution in [3.05, 3.63) is 245 Å². The summed E-state index contributed by atoms with van der Waals surface area (Å²) in [6.07, 6.45) is 53.8. The van der Waals surface area contributed by atoms with Crippen LogP contribution in [0.15, 0.2) is 133 Å². The zero-order chi connectivity index (χ0) is 80.7. The third-order valence-corrected chi connectivity index (χ3v) is 25.1. The fourth-order valence-electron chi connectivity index (χ4n) is 18.4. The van der Waals surface area contributed by atoms with Gasteiger partial charge in [0.15, 0.2) is 0 Å². The Hall–Kier alpha value is -7.44. The van der Waals surface area contributed by atoms with Gasteiger partial charge in [0.25, 0.3) is 0 Å². The Bertz CT molecular complexity index is 3780. The van der Waals surface area contributed by atoms with Crippen molar-refractivity contribution < 1.29 is 30.6 Å². The summed E-state index contributed by atoms with van der Waals surface area (Å²) in [6.45, 7) is 21.9. The van der Waals surface area contributed by atoms with E-state index >= 15 is 0 Å². The van der Waals surface area contributed by atoms with Gasteiger partial charge in [-0.15, -0.1) is 0 Å². The first-order valence-corrected chi connectivity index (χ1v) is 46.0. The highest BCUT2D eigenvalue weighted by Crippen LogP contribution is 2.45. The van der Waals surface area contributed by atoms with Gasteiger partial charge in [0.2, 0.25) is 0 Å². The Kier molecular flexibility index (Phi) is 40.4. The van der Waals surface area contributed by atoms with Gasteiger partial charge in [0.05, 0.1) is 0 Å². The number of hydrogen-bond donors (Lipinski definition) is 6. The monoisotopic (exact) mass is 1530 g/mol. The van der Waals surface area contributed by atoms with Gasteiger partial charge in [-0.05, 0) is 194 Å². The van der Waals surface area contributed by atoms with Gasteiger partial charge in [-0.25, -0.2) is 0 Å². The fourth-order valence-corrected chi connectivity index (χ4v) is 18.4. The molecule has 2 unspecified atom stereocenters. The average Bonchev–Trinajstić information content (AvgIpc) is 0.670. The highest BCUT2D eigenvalue weighted by molar-refractivity contribution is 5.57. The number of aromatic hydroxyl groups is 6. The molecule has 0 aromatic heterocycles. The lowest BCUT2D eigenvalue weighted by atomic mass is 9.81. The van der Waals surface area contributed by atoms with Crippen LogP contribution in [0.4, 0.5) is 0 Å². The van der Waals surface area contributed by atoms with E-state index in [1.54, 1.807) is 0 Å². The normalized spacial score (nSPS) is 13.8. The number of aryl methyl sites for hydroxylation is 8. The molecule has 616 valence electrons. The van der Waals surface area contributed by atoms with E-state index in [-0.39, 0.29) is 11.8 Å². The average molecular weight is 1530 g/mol. The summed E-state index contributed by atoms with van der Waals surface area (Å²) in [6, 6.07) is 47.0. The molecule has 0 radical (unpaired) electrons. The lowest BCUT2D eigenvalue weighted by Crippen LogP contribution is -2.07. The minimum absolute atomic E-state index is 0.0693. The molecule has 6 heteroatoms. The summed E-state index contributed by atoms with van der Waals surface area (Å²) < 4.78 is 0. The molecule has 6 N–H and O–H groups in total. The van der Waals surface area contributed by atoms with Crippen molar-refractivity contribution in [2.75, 3.05) is 0 Å². The van der Waals surface area contributed by atoms with Crippen LogP contribution in [-0.4, -0.2) is 30.6 Å². The van der Waals surface area contributed by atoms with E-state index in [9.17, 15) is 30.6 Å². The Morgan fingerprint density at radius 3 is 0.832 bits per heavy atom. The van der Waals surface area contributed by atoms with Crippen molar-refractivity contribution in [2.45, 2.75) is 382 Å². The Labute approximate surface area is 687 Å². The van der Waals surface area contributed by atoms with Gasteiger partial charge < -0.3 is 30.6 Å². The van der Waals surface area contributed by atoms with E-state index < -0.39 is 0 Å². The molecule has 0 heterocycles. The summed E-state index contributed by atoms with van der Waals surface area (Å²) in [5.41, 5.74) is 21.7. The second-order valence-electron chi connectivity index (χ2n) is 34.9. The molecule has 2 aliphatic rings. The maximum Gasteiger partial charge on any atom is 0.122 e. The van der Waals surface area contributed by atoms with Gasteiger partial charge in [-0.1, -0.05) is 390 Å². The quantitative estimate of drug-likeness (QED) is 0.0212.